The summed E-state index contributed by atoms with van der Waals surface area (Å²) in [5.41, 5.74) is 0. The van der Waals surface area contributed by atoms with Gasteiger partial charge < -0.3 is 14.8 Å². The van der Waals surface area contributed by atoms with Crippen LogP contribution in [0.2, 0.25) is 0 Å². The fourth-order valence-corrected chi connectivity index (χ4v) is 3.06. The highest BCUT2D eigenvalue weighted by Crippen LogP contribution is 2.35. The third kappa shape index (κ3) is 5.25. The monoisotopic (exact) mass is 255 g/mol. The van der Waals surface area contributed by atoms with Gasteiger partial charge >= 0.3 is 0 Å². The molecule has 0 radical (unpaired) electrons. The zero-order valence-electron chi connectivity index (χ0n) is 11.8. The second-order valence-corrected chi connectivity index (χ2v) is 5.88. The first-order valence-corrected chi connectivity index (χ1v) is 7.70. The standard InChI is InChI=1S/C15H29NO2/c1-17-10-11-18-9-3-6-13-4-2-5-14(13)12-16-15-7-8-15/h13-16H,2-12H2,1H3. The molecule has 0 amide bonds. The Bertz CT molecular complexity index is 219. The molecule has 0 aromatic rings. The number of rotatable bonds is 10. The summed E-state index contributed by atoms with van der Waals surface area (Å²) in [6.45, 7) is 3.63. The van der Waals surface area contributed by atoms with Crippen molar-refractivity contribution < 1.29 is 9.47 Å². The Labute approximate surface area is 112 Å². The minimum Gasteiger partial charge on any atom is -0.382 e. The highest BCUT2D eigenvalue weighted by Gasteiger charge is 2.29. The zero-order chi connectivity index (χ0) is 12.6. The van der Waals surface area contributed by atoms with Gasteiger partial charge in [-0.15, -0.1) is 0 Å². The van der Waals surface area contributed by atoms with Crippen LogP contribution in [0.25, 0.3) is 0 Å². The first kappa shape index (κ1) is 14.3. The van der Waals surface area contributed by atoms with Crippen LogP contribution >= 0.6 is 0 Å². The molecule has 2 saturated carbocycles. The van der Waals surface area contributed by atoms with E-state index < -0.39 is 0 Å². The first-order valence-electron chi connectivity index (χ1n) is 7.70. The maximum Gasteiger partial charge on any atom is 0.0700 e. The molecule has 2 fully saturated rings. The van der Waals surface area contributed by atoms with E-state index in [0.717, 1.165) is 37.7 Å². The van der Waals surface area contributed by atoms with Crippen LogP contribution in [-0.2, 0) is 9.47 Å². The quantitative estimate of drug-likeness (QED) is 0.609. The van der Waals surface area contributed by atoms with Crippen molar-refractivity contribution in [1.82, 2.24) is 5.32 Å². The average Bonchev–Trinajstić information content (AvgIpc) is 3.11. The van der Waals surface area contributed by atoms with Gasteiger partial charge in [-0.25, -0.2) is 0 Å². The largest absolute Gasteiger partial charge is 0.382 e. The summed E-state index contributed by atoms with van der Waals surface area (Å²) >= 11 is 0. The van der Waals surface area contributed by atoms with E-state index in [0.29, 0.717) is 0 Å². The van der Waals surface area contributed by atoms with E-state index in [1.807, 2.05) is 0 Å². The Kier molecular flexibility index (Phi) is 6.46. The third-order valence-corrected chi connectivity index (χ3v) is 4.36. The summed E-state index contributed by atoms with van der Waals surface area (Å²) in [5.74, 6) is 1.88. The van der Waals surface area contributed by atoms with Gasteiger partial charge in [0.25, 0.3) is 0 Å². The molecule has 0 aliphatic heterocycles. The molecular formula is C15H29NO2. The van der Waals surface area contributed by atoms with Gasteiger partial charge in [-0.1, -0.05) is 12.8 Å². The van der Waals surface area contributed by atoms with Gasteiger partial charge in [-0.2, -0.15) is 0 Å². The summed E-state index contributed by atoms with van der Waals surface area (Å²) < 4.78 is 10.5. The van der Waals surface area contributed by atoms with Crippen molar-refractivity contribution in [2.75, 3.05) is 33.5 Å². The molecule has 106 valence electrons. The van der Waals surface area contributed by atoms with Gasteiger partial charge in [0.05, 0.1) is 13.2 Å². The Morgan fingerprint density at radius 2 is 1.83 bits per heavy atom. The van der Waals surface area contributed by atoms with Crippen LogP contribution in [0.4, 0.5) is 0 Å². The van der Waals surface area contributed by atoms with Crippen molar-refractivity contribution in [3.05, 3.63) is 0 Å². The van der Waals surface area contributed by atoms with Gasteiger partial charge in [-0.05, 0) is 50.5 Å². The number of ether oxygens (including phenoxy) is 2. The van der Waals surface area contributed by atoms with E-state index in [2.05, 4.69) is 5.32 Å². The second kappa shape index (κ2) is 8.13. The molecule has 0 bridgehead atoms. The lowest BCUT2D eigenvalue weighted by Gasteiger charge is -2.20. The van der Waals surface area contributed by atoms with Crippen molar-refractivity contribution in [3.8, 4) is 0 Å². The number of hydrogen-bond acceptors (Lipinski definition) is 3. The van der Waals surface area contributed by atoms with Crippen molar-refractivity contribution in [2.45, 2.75) is 51.0 Å². The predicted molar refractivity (Wildman–Crippen MR) is 73.8 cm³/mol. The molecule has 1 N–H and O–H groups in total. The van der Waals surface area contributed by atoms with Crippen LogP contribution < -0.4 is 5.32 Å². The minimum atomic E-state index is 0.720. The Morgan fingerprint density at radius 3 is 2.61 bits per heavy atom. The fourth-order valence-electron chi connectivity index (χ4n) is 3.06. The maximum atomic E-state index is 5.54. The van der Waals surface area contributed by atoms with E-state index >= 15 is 0 Å². The lowest BCUT2D eigenvalue weighted by molar-refractivity contribution is 0.0665. The Morgan fingerprint density at radius 1 is 1.00 bits per heavy atom. The van der Waals surface area contributed by atoms with E-state index in [4.69, 9.17) is 9.47 Å². The average molecular weight is 255 g/mol. The fraction of sp³-hybridized carbons (Fsp3) is 1.00. The molecule has 0 aromatic carbocycles. The summed E-state index contributed by atoms with van der Waals surface area (Å²) in [6, 6.07) is 0.864. The second-order valence-electron chi connectivity index (χ2n) is 5.88. The predicted octanol–water partition coefficient (Wildman–Crippen LogP) is 2.60. The Balaban J connectivity index is 1.50. The first-order chi connectivity index (χ1) is 8.90. The Hall–Kier alpha value is -0.120. The molecular weight excluding hydrogens is 226 g/mol. The molecule has 2 unspecified atom stereocenters. The summed E-state index contributed by atoms with van der Waals surface area (Å²) in [5, 5.41) is 3.70. The maximum absolute atomic E-state index is 5.54. The summed E-state index contributed by atoms with van der Waals surface area (Å²) in [4.78, 5) is 0. The van der Waals surface area contributed by atoms with Crippen LogP contribution in [0.3, 0.4) is 0 Å². The van der Waals surface area contributed by atoms with Crippen LogP contribution in [0.1, 0.15) is 44.9 Å². The topological polar surface area (TPSA) is 30.5 Å². The lowest BCUT2D eigenvalue weighted by Crippen LogP contribution is -2.27. The normalized spacial score (nSPS) is 27.8. The molecule has 2 atom stereocenters. The molecule has 3 heteroatoms. The van der Waals surface area contributed by atoms with E-state index in [1.54, 1.807) is 7.11 Å². The highest BCUT2D eigenvalue weighted by atomic mass is 16.5. The smallest absolute Gasteiger partial charge is 0.0700 e. The van der Waals surface area contributed by atoms with Crippen molar-refractivity contribution in [1.29, 1.82) is 0 Å². The van der Waals surface area contributed by atoms with Crippen molar-refractivity contribution in [2.24, 2.45) is 11.8 Å². The number of nitrogens with one attached hydrogen (secondary N) is 1. The lowest BCUT2D eigenvalue weighted by atomic mass is 9.91. The van der Waals surface area contributed by atoms with Crippen LogP contribution in [0.5, 0.6) is 0 Å². The number of hydrogen-bond donors (Lipinski definition) is 1. The van der Waals surface area contributed by atoms with Crippen LogP contribution in [-0.4, -0.2) is 39.5 Å². The molecule has 0 spiro atoms. The zero-order valence-corrected chi connectivity index (χ0v) is 11.8. The van der Waals surface area contributed by atoms with Gasteiger partial charge in [0.15, 0.2) is 0 Å². The van der Waals surface area contributed by atoms with E-state index in [-0.39, 0.29) is 0 Å². The van der Waals surface area contributed by atoms with Crippen LogP contribution in [0, 0.1) is 11.8 Å². The molecule has 0 saturated heterocycles. The van der Waals surface area contributed by atoms with Crippen molar-refractivity contribution >= 4 is 0 Å². The van der Waals surface area contributed by atoms with Gasteiger partial charge in [0.1, 0.15) is 0 Å². The van der Waals surface area contributed by atoms with Gasteiger partial charge in [0.2, 0.25) is 0 Å². The SMILES string of the molecule is COCCOCCCC1CCCC1CNC1CC1. The molecule has 3 nitrogen and oxygen atoms in total. The van der Waals surface area contributed by atoms with Gasteiger partial charge in [0, 0.05) is 19.8 Å². The number of methoxy groups -OCH3 is 1. The molecule has 0 aromatic heterocycles. The van der Waals surface area contributed by atoms with E-state index in [9.17, 15) is 0 Å². The minimum absolute atomic E-state index is 0.720. The third-order valence-electron chi connectivity index (χ3n) is 4.36. The highest BCUT2D eigenvalue weighted by molar-refractivity contribution is 4.85. The molecule has 0 heterocycles. The van der Waals surface area contributed by atoms with E-state index in [1.165, 1.54) is 51.5 Å². The van der Waals surface area contributed by atoms with Crippen LogP contribution in [0.15, 0.2) is 0 Å². The molecule has 2 aliphatic carbocycles. The molecule has 2 rings (SSSR count). The van der Waals surface area contributed by atoms with Gasteiger partial charge in [-0.3, -0.25) is 0 Å². The van der Waals surface area contributed by atoms with Crippen molar-refractivity contribution in [3.63, 3.8) is 0 Å². The summed E-state index contributed by atoms with van der Waals surface area (Å²) in [7, 11) is 1.72. The molecule has 18 heavy (non-hydrogen) atoms. The molecule has 2 aliphatic rings. The summed E-state index contributed by atoms with van der Waals surface area (Å²) in [6.07, 6.45) is 9.70.